The fraction of sp³-hybridized carbons (Fsp3) is 0.647. The summed E-state index contributed by atoms with van der Waals surface area (Å²) in [6, 6.07) is 5.09. The standard InChI is InChI=1S/C17H26FNO2/c1-13(2)10-19-11-14-6-5-8-16(18)17(14)21-12-15-7-3-4-9-20-15/h5-6,8,13,15,19H,3-4,7,9-12H2,1-2H3. The molecule has 21 heavy (non-hydrogen) atoms. The van der Waals surface area contributed by atoms with Gasteiger partial charge in [0.1, 0.15) is 6.61 Å². The summed E-state index contributed by atoms with van der Waals surface area (Å²) in [4.78, 5) is 0. The van der Waals surface area contributed by atoms with Gasteiger partial charge >= 0.3 is 0 Å². The zero-order valence-electron chi connectivity index (χ0n) is 13.0. The largest absolute Gasteiger partial charge is 0.487 e. The van der Waals surface area contributed by atoms with E-state index >= 15 is 0 Å². The number of hydrogen-bond donors (Lipinski definition) is 1. The van der Waals surface area contributed by atoms with E-state index in [0.29, 0.717) is 24.8 Å². The minimum atomic E-state index is -0.297. The summed E-state index contributed by atoms with van der Waals surface area (Å²) in [5.74, 6) is 0.635. The lowest BCUT2D eigenvalue weighted by molar-refractivity contribution is -0.0119. The molecule has 1 heterocycles. The maximum Gasteiger partial charge on any atom is 0.165 e. The van der Waals surface area contributed by atoms with E-state index in [1.807, 2.05) is 6.07 Å². The first-order chi connectivity index (χ1) is 10.2. The minimum Gasteiger partial charge on any atom is -0.487 e. The van der Waals surface area contributed by atoms with Gasteiger partial charge in [0.2, 0.25) is 0 Å². The molecular weight excluding hydrogens is 269 g/mol. The van der Waals surface area contributed by atoms with Gasteiger partial charge in [-0.1, -0.05) is 26.0 Å². The molecule has 0 radical (unpaired) electrons. The highest BCUT2D eigenvalue weighted by Crippen LogP contribution is 2.24. The van der Waals surface area contributed by atoms with Gasteiger partial charge in [-0.15, -0.1) is 0 Å². The Labute approximate surface area is 126 Å². The van der Waals surface area contributed by atoms with Gasteiger partial charge in [0, 0.05) is 18.7 Å². The van der Waals surface area contributed by atoms with Crippen LogP contribution in [0, 0.1) is 11.7 Å². The third-order valence-electron chi connectivity index (χ3n) is 3.60. The number of para-hydroxylation sites is 1. The van der Waals surface area contributed by atoms with Crippen molar-refractivity contribution < 1.29 is 13.9 Å². The van der Waals surface area contributed by atoms with Crippen LogP contribution >= 0.6 is 0 Å². The van der Waals surface area contributed by atoms with Gasteiger partial charge in [-0.05, 0) is 37.8 Å². The van der Waals surface area contributed by atoms with Crippen molar-refractivity contribution in [3.05, 3.63) is 29.6 Å². The molecule has 1 aromatic carbocycles. The molecule has 1 aliphatic rings. The lowest BCUT2D eigenvalue weighted by Crippen LogP contribution is -2.26. The number of ether oxygens (including phenoxy) is 2. The van der Waals surface area contributed by atoms with Gasteiger partial charge in [-0.2, -0.15) is 0 Å². The zero-order valence-corrected chi connectivity index (χ0v) is 13.0. The molecule has 1 unspecified atom stereocenters. The summed E-state index contributed by atoms with van der Waals surface area (Å²) >= 11 is 0. The Kier molecular flexibility index (Phi) is 6.46. The Bertz CT molecular complexity index is 431. The van der Waals surface area contributed by atoms with E-state index in [4.69, 9.17) is 9.47 Å². The third-order valence-corrected chi connectivity index (χ3v) is 3.60. The van der Waals surface area contributed by atoms with Crippen LogP contribution in [0.15, 0.2) is 18.2 Å². The SMILES string of the molecule is CC(C)CNCc1cccc(F)c1OCC1CCCCO1. The van der Waals surface area contributed by atoms with Gasteiger partial charge < -0.3 is 14.8 Å². The van der Waals surface area contributed by atoms with Crippen LogP contribution in [-0.2, 0) is 11.3 Å². The summed E-state index contributed by atoms with van der Waals surface area (Å²) in [5, 5.41) is 3.33. The first-order valence-corrected chi connectivity index (χ1v) is 7.89. The number of rotatable bonds is 7. The van der Waals surface area contributed by atoms with Crippen molar-refractivity contribution >= 4 is 0 Å². The maximum atomic E-state index is 14.0. The van der Waals surface area contributed by atoms with Crippen molar-refractivity contribution in [2.24, 2.45) is 5.92 Å². The number of halogens is 1. The van der Waals surface area contributed by atoms with Crippen molar-refractivity contribution in [3.63, 3.8) is 0 Å². The van der Waals surface area contributed by atoms with Gasteiger partial charge in [0.05, 0.1) is 6.10 Å². The Morgan fingerprint density at radius 2 is 2.24 bits per heavy atom. The molecule has 1 N–H and O–H groups in total. The van der Waals surface area contributed by atoms with Gasteiger partial charge in [-0.3, -0.25) is 0 Å². The monoisotopic (exact) mass is 295 g/mol. The second kappa shape index (κ2) is 8.35. The summed E-state index contributed by atoms with van der Waals surface area (Å²) in [7, 11) is 0. The molecule has 1 saturated heterocycles. The molecule has 2 rings (SSSR count). The summed E-state index contributed by atoms with van der Waals surface area (Å²) in [6.07, 6.45) is 3.36. The molecule has 3 nitrogen and oxygen atoms in total. The van der Waals surface area contributed by atoms with Gasteiger partial charge in [0.15, 0.2) is 11.6 Å². The molecule has 118 valence electrons. The summed E-state index contributed by atoms with van der Waals surface area (Å²) < 4.78 is 25.4. The van der Waals surface area contributed by atoms with Crippen molar-refractivity contribution in [1.82, 2.24) is 5.32 Å². The molecule has 0 amide bonds. The predicted molar refractivity (Wildman–Crippen MR) is 82.0 cm³/mol. The summed E-state index contributed by atoms with van der Waals surface area (Å²) in [5.41, 5.74) is 0.867. The number of nitrogens with one attached hydrogen (secondary N) is 1. The van der Waals surface area contributed by atoms with Crippen LogP contribution in [0.25, 0.3) is 0 Å². The average molecular weight is 295 g/mol. The van der Waals surface area contributed by atoms with E-state index in [-0.39, 0.29) is 11.9 Å². The second-order valence-electron chi connectivity index (χ2n) is 6.05. The highest BCUT2D eigenvalue weighted by molar-refractivity contribution is 5.35. The quantitative estimate of drug-likeness (QED) is 0.835. The fourth-order valence-corrected chi connectivity index (χ4v) is 2.46. The first-order valence-electron chi connectivity index (χ1n) is 7.89. The molecule has 0 saturated carbocycles. The molecule has 0 aliphatic carbocycles. The van der Waals surface area contributed by atoms with Crippen molar-refractivity contribution in [1.29, 1.82) is 0 Å². The molecule has 1 aliphatic heterocycles. The first kappa shape index (κ1) is 16.2. The highest BCUT2D eigenvalue weighted by atomic mass is 19.1. The van der Waals surface area contributed by atoms with Crippen LogP contribution in [0.1, 0.15) is 38.7 Å². The van der Waals surface area contributed by atoms with E-state index < -0.39 is 0 Å². The van der Waals surface area contributed by atoms with Crippen LogP contribution in [0.3, 0.4) is 0 Å². The molecular formula is C17H26FNO2. The van der Waals surface area contributed by atoms with Crippen LogP contribution in [0.5, 0.6) is 5.75 Å². The molecule has 1 fully saturated rings. The van der Waals surface area contributed by atoms with E-state index in [1.165, 1.54) is 6.07 Å². The van der Waals surface area contributed by atoms with E-state index in [1.54, 1.807) is 6.07 Å². The molecule has 0 bridgehead atoms. The second-order valence-corrected chi connectivity index (χ2v) is 6.05. The Morgan fingerprint density at radius 1 is 1.38 bits per heavy atom. The fourth-order valence-electron chi connectivity index (χ4n) is 2.46. The van der Waals surface area contributed by atoms with Crippen LogP contribution in [0.4, 0.5) is 4.39 Å². The Hall–Kier alpha value is -1.13. The van der Waals surface area contributed by atoms with Crippen molar-refractivity contribution in [3.8, 4) is 5.75 Å². The molecule has 1 atom stereocenters. The van der Waals surface area contributed by atoms with E-state index in [9.17, 15) is 4.39 Å². The zero-order chi connectivity index (χ0) is 15.1. The number of hydrogen-bond acceptors (Lipinski definition) is 3. The molecule has 4 heteroatoms. The third kappa shape index (κ3) is 5.29. The Balaban J connectivity index is 1.92. The smallest absolute Gasteiger partial charge is 0.165 e. The topological polar surface area (TPSA) is 30.5 Å². The van der Waals surface area contributed by atoms with Crippen LogP contribution in [-0.4, -0.2) is 25.9 Å². The lowest BCUT2D eigenvalue weighted by atomic mass is 10.1. The van der Waals surface area contributed by atoms with Crippen LogP contribution in [0.2, 0.25) is 0 Å². The van der Waals surface area contributed by atoms with E-state index in [2.05, 4.69) is 19.2 Å². The van der Waals surface area contributed by atoms with Crippen LogP contribution < -0.4 is 10.1 Å². The molecule has 0 spiro atoms. The molecule has 1 aromatic rings. The average Bonchev–Trinajstić information content (AvgIpc) is 2.47. The maximum absolute atomic E-state index is 14.0. The highest BCUT2D eigenvalue weighted by Gasteiger charge is 2.17. The lowest BCUT2D eigenvalue weighted by Gasteiger charge is -2.23. The van der Waals surface area contributed by atoms with Gasteiger partial charge in [-0.25, -0.2) is 4.39 Å². The predicted octanol–water partition coefficient (Wildman–Crippen LogP) is 3.52. The van der Waals surface area contributed by atoms with Crippen molar-refractivity contribution in [2.45, 2.75) is 45.8 Å². The minimum absolute atomic E-state index is 0.0924. The van der Waals surface area contributed by atoms with Crippen molar-refractivity contribution in [2.75, 3.05) is 19.8 Å². The Morgan fingerprint density at radius 3 is 2.95 bits per heavy atom. The van der Waals surface area contributed by atoms with Gasteiger partial charge in [0.25, 0.3) is 0 Å². The summed E-state index contributed by atoms with van der Waals surface area (Å²) in [6.45, 7) is 7.04. The van der Waals surface area contributed by atoms with E-state index in [0.717, 1.165) is 38.0 Å². The number of benzene rings is 1. The molecule has 0 aromatic heterocycles. The normalized spacial score (nSPS) is 19.0.